The van der Waals surface area contributed by atoms with E-state index in [1.165, 1.54) is 0 Å². The van der Waals surface area contributed by atoms with Crippen LogP contribution in [-0.2, 0) is 0 Å². The number of carbonyl (C=O) groups is 1. The molecule has 0 aliphatic heterocycles. The standard InChI is InChI=1S/C21H19Cl2N3O/c1-13-11-16(9-10-24-13)15-3-6-18(7-4-15)26-21(27)25-14(2)19-8-5-17(22)12-20(19)23/h3-12,14H,1-2H3,(H2,25,26,27). The van der Waals surface area contributed by atoms with Crippen molar-refractivity contribution in [3.63, 3.8) is 0 Å². The van der Waals surface area contributed by atoms with Gasteiger partial charge in [0.1, 0.15) is 0 Å². The fourth-order valence-corrected chi connectivity index (χ4v) is 3.34. The number of nitrogens with one attached hydrogen (secondary N) is 2. The Labute approximate surface area is 168 Å². The van der Waals surface area contributed by atoms with Crippen LogP contribution >= 0.6 is 23.2 Å². The minimum atomic E-state index is -0.305. The van der Waals surface area contributed by atoms with E-state index in [9.17, 15) is 4.79 Å². The maximum Gasteiger partial charge on any atom is 0.319 e. The first kappa shape index (κ1) is 19.2. The number of urea groups is 1. The second kappa shape index (κ2) is 8.42. The van der Waals surface area contributed by atoms with Crippen molar-refractivity contribution in [2.24, 2.45) is 0 Å². The zero-order valence-electron chi connectivity index (χ0n) is 15.0. The van der Waals surface area contributed by atoms with Gasteiger partial charge >= 0.3 is 6.03 Å². The molecule has 0 saturated heterocycles. The largest absolute Gasteiger partial charge is 0.331 e. The van der Waals surface area contributed by atoms with E-state index in [1.807, 2.05) is 50.2 Å². The summed E-state index contributed by atoms with van der Waals surface area (Å²) in [4.78, 5) is 16.5. The number of halogens is 2. The third-order valence-corrected chi connectivity index (χ3v) is 4.71. The molecule has 0 radical (unpaired) electrons. The van der Waals surface area contributed by atoms with Crippen molar-refractivity contribution in [3.8, 4) is 11.1 Å². The molecular formula is C21H19Cl2N3O. The molecule has 1 unspecified atom stereocenters. The Balaban J connectivity index is 1.64. The molecule has 1 atom stereocenters. The smallest absolute Gasteiger partial charge is 0.319 e. The number of rotatable bonds is 4. The molecule has 2 N–H and O–H groups in total. The number of aryl methyl sites for hydroxylation is 1. The van der Waals surface area contributed by atoms with Crippen LogP contribution in [0.3, 0.4) is 0 Å². The van der Waals surface area contributed by atoms with Gasteiger partial charge in [-0.15, -0.1) is 0 Å². The van der Waals surface area contributed by atoms with Crippen LogP contribution in [0, 0.1) is 6.92 Å². The Bertz CT molecular complexity index is 958. The monoisotopic (exact) mass is 399 g/mol. The molecule has 3 aromatic rings. The molecule has 2 aromatic carbocycles. The molecule has 3 rings (SSSR count). The molecule has 0 bridgehead atoms. The summed E-state index contributed by atoms with van der Waals surface area (Å²) in [6, 6.07) is 16.3. The zero-order valence-corrected chi connectivity index (χ0v) is 16.5. The minimum absolute atomic E-state index is 0.256. The van der Waals surface area contributed by atoms with Gasteiger partial charge in [-0.05, 0) is 66.9 Å². The molecule has 27 heavy (non-hydrogen) atoms. The summed E-state index contributed by atoms with van der Waals surface area (Å²) in [6.45, 7) is 3.82. The van der Waals surface area contributed by atoms with E-state index in [1.54, 1.807) is 24.4 Å². The average molecular weight is 400 g/mol. The van der Waals surface area contributed by atoms with Crippen LogP contribution in [0.15, 0.2) is 60.8 Å². The third-order valence-electron chi connectivity index (χ3n) is 4.15. The highest BCUT2D eigenvalue weighted by Gasteiger charge is 2.13. The van der Waals surface area contributed by atoms with Crippen LogP contribution in [0.5, 0.6) is 0 Å². The van der Waals surface area contributed by atoms with Crippen molar-refractivity contribution >= 4 is 34.9 Å². The molecule has 6 heteroatoms. The van der Waals surface area contributed by atoms with Gasteiger partial charge in [0.15, 0.2) is 0 Å². The molecular weight excluding hydrogens is 381 g/mol. The second-order valence-electron chi connectivity index (χ2n) is 6.25. The van der Waals surface area contributed by atoms with Gasteiger partial charge < -0.3 is 10.6 Å². The Morgan fingerprint density at radius 3 is 2.41 bits per heavy atom. The van der Waals surface area contributed by atoms with Crippen LogP contribution in [0.4, 0.5) is 10.5 Å². The fourth-order valence-electron chi connectivity index (χ4n) is 2.77. The minimum Gasteiger partial charge on any atom is -0.331 e. The summed E-state index contributed by atoms with van der Waals surface area (Å²) < 4.78 is 0. The number of anilines is 1. The number of nitrogens with zero attached hydrogens (tertiary/aromatic N) is 1. The first-order chi connectivity index (χ1) is 12.9. The lowest BCUT2D eigenvalue weighted by Gasteiger charge is -2.16. The predicted molar refractivity (Wildman–Crippen MR) is 111 cm³/mol. The van der Waals surface area contributed by atoms with Crippen molar-refractivity contribution in [2.75, 3.05) is 5.32 Å². The highest BCUT2D eigenvalue weighted by molar-refractivity contribution is 6.35. The van der Waals surface area contributed by atoms with Crippen molar-refractivity contribution in [2.45, 2.75) is 19.9 Å². The van der Waals surface area contributed by atoms with Gasteiger partial charge in [0.2, 0.25) is 0 Å². The lowest BCUT2D eigenvalue weighted by Crippen LogP contribution is -2.31. The van der Waals surface area contributed by atoms with Crippen LogP contribution < -0.4 is 10.6 Å². The Morgan fingerprint density at radius 1 is 1.00 bits per heavy atom. The van der Waals surface area contributed by atoms with Crippen LogP contribution in [0.1, 0.15) is 24.2 Å². The number of aromatic nitrogens is 1. The van der Waals surface area contributed by atoms with Crippen LogP contribution in [0.25, 0.3) is 11.1 Å². The maximum absolute atomic E-state index is 12.3. The summed E-state index contributed by atoms with van der Waals surface area (Å²) in [5, 5.41) is 6.79. The van der Waals surface area contributed by atoms with Crippen molar-refractivity contribution < 1.29 is 4.79 Å². The van der Waals surface area contributed by atoms with E-state index in [0.717, 1.165) is 22.4 Å². The molecule has 0 aliphatic carbocycles. The Kier molecular flexibility index (Phi) is 5.99. The molecule has 2 amide bonds. The van der Waals surface area contributed by atoms with E-state index in [-0.39, 0.29) is 12.1 Å². The highest BCUT2D eigenvalue weighted by atomic mass is 35.5. The third kappa shape index (κ3) is 5.00. The molecule has 1 aromatic heterocycles. The summed E-state index contributed by atoms with van der Waals surface area (Å²) in [6.07, 6.45) is 1.79. The van der Waals surface area contributed by atoms with E-state index >= 15 is 0 Å². The van der Waals surface area contributed by atoms with Crippen molar-refractivity contribution in [1.29, 1.82) is 0 Å². The first-order valence-electron chi connectivity index (χ1n) is 8.48. The summed E-state index contributed by atoms with van der Waals surface area (Å²) in [5.41, 5.74) is 4.62. The molecule has 138 valence electrons. The summed E-state index contributed by atoms with van der Waals surface area (Å²) in [7, 11) is 0. The first-order valence-corrected chi connectivity index (χ1v) is 9.23. The second-order valence-corrected chi connectivity index (χ2v) is 7.09. The lowest BCUT2D eigenvalue weighted by atomic mass is 10.1. The summed E-state index contributed by atoms with van der Waals surface area (Å²) in [5.74, 6) is 0. The average Bonchev–Trinajstić information content (AvgIpc) is 2.62. The van der Waals surface area contributed by atoms with Crippen LogP contribution in [-0.4, -0.2) is 11.0 Å². The number of hydrogen-bond donors (Lipinski definition) is 2. The van der Waals surface area contributed by atoms with Gasteiger partial charge in [-0.3, -0.25) is 4.98 Å². The lowest BCUT2D eigenvalue weighted by molar-refractivity contribution is 0.249. The van der Waals surface area contributed by atoms with Crippen molar-refractivity contribution in [1.82, 2.24) is 10.3 Å². The van der Waals surface area contributed by atoms with E-state index in [4.69, 9.17) is 23.2 Å². The SMILES string of the molecule is Cc1cc(-c2ccc(NC(=O)NC(C)c3ccc(Cl)cc3Cl)cc2)ccn1. The molecule has 0 saturated carbocycles. The van der Waals surface area contributed by atoms with Crippen molar-refractivity contribution in [3.05, 3.63) is 82.1 Å². The molecule has 0 aliphatic rings. The molecule has 1 heterocycles. The Morgan fingerprint density at radius 2 is 1.74 bits per heavy atom. The highest BCUT2D eigenvalue weighted by Crippen LogP contribution is 2.26. The number of carbonyl (C=O) groups excluding carboxylic acids is 1. The summed E-state index contributed by atoms with van der Waals surface area (Å²) >= 11 is 12.1. The number of hydrogen-bond acceptors (Lipinski definition) is 2. The van der Waals surface area contributed by atoms with Gasteiger partial charge in [-0.1, -0.05) is 41.4 Å². The molecule has 0 spiro atoms. The normalized spacial score (nSPS) is 11.7. The molecule has 0 fully saturated rings. The quantitative estimate of drug-likeness (QED) is 0.544. The fraction of sp³-hybridized carbons (Fsp3) is 0.143. The van der Waals surface area contributed by atoms with Gasteiger partial charge in [-0.25, -0.2) is 4.79 Å². The predicted octanol–water partition coefficient (Wildman–Crippen LogP) is 6.25. The topological polar surface area (TPSA) is 54.0 Å². The van der Waals surface area contributed by atoms with Gasteiger partial charge in [0, 0.05) is 27.6 Å². The van der Waals surface area contributed by atoms with Gasteiger partial charge in [-0.2, -0.15) is 0 Å². The number of amides is 2. The Hall–Kier alpha value is -2.56. The molecule has 4 nitrogen and oxygen atoms in total. The number of benzene rings is 2. The van der Waals surface area contributed by atoms with Gasteiger partial charge in [0.05, 0.1) is 6.04 Å². The van der Waals surface area contributed by atoms with E-state index in [2.05, 4.69) is 15.6 Å². The maximum atomic E-state index is 12.3. The van der Waals surface area contributed by atoms with Crippen LogP contribution in [0.2, 0.25) is 10.0 Å². The zero-order chi connectivity index (χ0) is 19.4. The van der Waals surface area contributed by atoms with E-state index in [0.29, 0.717) is 15.7 Å². The van der Waals surface area contributed by atoms with E-state index < -0.39 is 0 Å². The number of pyridine rings is 1. The van der Waals surface area contributed by atoms with Gasteiger partial charge in [0.25, 0.3) is 0 Å².